The summed E-state index contributed by atoms with van der Waals surface area (Å²) in [4.78, 5) is 15.3. The van der Waals surface area contributed by atoms with Crippen LogP contribution in [0.3, 0.4) is 0 Å². The van der Waals surface area contributed by atoms with Gasteiger partial charge in [0, 0.05) is 30.7 Å². The lowest BCUT2D eigenvalue weighted by Crippen LogP contribution is -2.48. The third kappa shape index (κ3) is 3.96. The molecule has 1 aromatic carbocycles. The van der Waals surface area contributed by atoms with Crippen molar-refractivity contribution < 1.29 is 9.32 Å². The van der Waals surface area contributed by atoms with Crippen molar-refractivity contribution in [3.8, 4) is 11.3 Å². The van der Waals surface area contributed by atoms with Gasteiger partial charge in [0.1, 0.15) is 17.5 Å². The van der Waals surface area contributed by atoms with Gasteiger partial charge in [0.2, 0.25) is 0 Å². The fraction of sp³-hybridized carbons (Fsp3) is 0.500. The van der Waals surface area contributed by atoms with E-state index in [0.717, 1.165) is 37.5 Å². The Kier molecular flexibility index (Phi) is 5.60. The topological polar surface area (TPSA) is 58.4 Å². The molecular weight excluding hydrogens is 346 g/mol. The lowest BCUT2D eigenvalue weighted by Gasteiger charge is -2.39. The second kappa shape index (κ2) is 8.27. The molecule has 2 aliphatic rings. The Morgan fingerprint density at radius 2 is 1.85 bits per heavy atom. The summed E-state index contributed by atoms with van der Waals surface area (Å²) < 4.78 is 5.09. The molecule has 0 aliphatic carbocycles. The Morgan fingerprint density at radius 1 is 1.12 bits per heavy atom. The molecule has 1 aromatic heterocycles. The first-order valence-corrected chi connectivity index (χ1v) is 10.6. The summed E-state index contributed by atoms with van der Waals surface area (Å²) in [7, 11) is 0. The lowest BCUT2D eigenvalue weighted by molar-refractivity contribution is 0.0886. The summed E-state index contributed by atoms with van der Waals surface area (Å²) >= 11 is 2.07. The van der Waals surface area contributed by atoms with Crippen molar-refractivity contribution in [2.24, 2.45) is 0 Å². The van der Waals surface area contributed by atoms with Gasteiger partial charge in [0.25, 0.3) is 5.91 Å². The van der Waals surface area contributed by atoms with Crippen molar-refractivity contribution in [3.63, 3.8) is 0 Å². The van der Waals surface area contributed by atoms with Crippen LogP contribution in [0.4, 0.5) is 0 Å². The maximum absolute atomic E-state index is 12.7. The van der Waals surface area contributed by atoms with E-state index in [0.29, 0.717) is 11.3 Å². The summed E-state index contributed by atoms with van der Waals surface area (Å²) in [6.45, 7) is 2.16. The van der Waals surface area contributed by atoms with E-state index in [1.807, 2.05) is 30.3 Å². The van der Waals surface area contributed by atoms with Crippen molar-refractivity contribution in [1.82, 2.24) is 15.4 Å². The highest BCUT2D eigenvalue weighted by molar-refractivity contribution is 7.99. The highest BCUT2D eigenvalue weighted by Crippen LogP contribution is 2.25. The van der Waals surface area contributed by atoms with E-state index in [4.69, 9.17) is 4.52 Å². The zero-order chi connectivity index (χ0) is 17.8. The third-order valence-electron chi connectivity index (χ3n) is 5.43. The van der Waals surface area contributed by atoms with Crippen molar-refractivity contribution in [1.29, 1.82) is 0 Å². The third-order valence-corrected chi connectivity index (χ3v) is 6.48. The molecule has 138 valence electrons. The number of rotatable bonds is 4. The Labute approximate surface area is 158 Å². The van der Waals surface area contributed by atoms with E-state index in [1.54, 1.807) is 0 Å². The Bertz CT molecular complexity index is 720. The first kappa shape index (κ1) is 17.6. The van der Waals surface area contributed by atoms with Gasteiger partial charge in [-0.2, -0.15) is 11.8 Å². The molecular formula is C20H25N3O2S. The molecule has 2 saturated heterocycles. The monoisotopic (exact) mass is 371 g/mol. The molecule has 0 radical (unpaired) electrons. The minimum atomic E-state index is -0.0855. The number of piperidine rings is 1. The maximum atomic E-state index is 12.7. The average molecular weight is 372 g/mol. The first-order valence-electron chi connectivity index (χ1n) is 9.44. The van der Waals surface area contributed by atoms with Gasteiger partial charge in [-0.05, 0) is 37.2 Å². The molecule has 0 bridgehead atoms. The first-order chi connectivity index (χ1) is 12.8. The summed E-state index contributed by atoms with van der Waals surface area (Å²) in [6, 6.07) is 10.7. The molecule has 3 heterocycles. The number of nitrogens with one attached hydrogen (secondary N) is 1. The van der Waals surface area contributed by atoms with Crippen LogP contribution in [-0.2, 0) is 0 Å². The predicted molar refractivity (Wildman–Crippen MR) is 104 cm³/mol. The largest absolute Gasteiger partial charge is 0.363 e. The molecule has 2 aromatic rings. The van der Waals surface area contributed by atoms with Crippen LogP contribution < -0.4 is 5.32 Å². The summed E-state index contributed by atoms with van der Waals surface area (Å²) in [5, 5.41) is 7.21. The van der Waals surface area contributed by atoms with Crippen molar-refractivity contribution in [2.75, 3.05) is 24.6 Å². The number of aromatic nitrogens is 1. The van der Waals surface area contributed by atoms with Gasteiger partial charge in [-0.1, -0.05) is 35.5 Å². The molecule has 1 amide bonds. The van der Waals surface area contributed by atoms with E-state index in [1.165, 1.54) is 30.6 Å². The highest BCUT2D eigenvalue weighted by atomic mass is 32.2. The zero-order valence-electron chi connectivity index (χ0n) is 14.9. The van der Waals surface area contributed by atoms with E-state index in [2.05, 4.69) is 27.1 Å². The predicted octanol–water partition coefficient (Wildman–Crippen LogP) is 3.43. The summed E-state index contributed by atoms with van der Waals surface area (Å²) in [5.74, 6) is 2.49. The van der Waals surface area contributed by atoms with Gasteiger partial charge in [-0.3, -0.25) is 4.79 Å². The molecule has 1 N–H and O–H groups in total. The number of amides is 1. The molecule has 0 saturated carbocycles. The summed E-state index contributed by atoms with van der Waals surface area (Å²) in [5.41, 5.74) is 2.03. The molecule has 6 heteroatoms. The van der Waals surface area contributed by atoms with Gasteiger partial charge in [0.15, 0.2) is 0 Å². The van der Waals surface area contributed by atoms with Crippen LogP contribution in [0.15, 0.2) is 41.1 Å². The average Bonchev–Trinajstić information content (AvgIpc) is 3.20. The number of hydrogen-bond donors (Lipinski definition) is 1. The van der Waals surface area contributed by atoms with Crippen molar-refractivity contribution in [2.45, 2.75) is 37.8 Å². The fourth-order valence-corrected chi connectivity index (χ4v) is 5.01. The highest BCUT2D eigenvalue weighted by Gasteiger charge is 2.28. The molecule has 4 rings (SSSR count). The van der Waals surface area contributed by atoms with Crippen LogP contribution in [0, 0.1) is 0 Å². The smallest absolute Gasteiger partial charge is 0.257 e. The number of carbonyl (C=O) groups excluding carboxylic acids is 1. The van der Waals surface area contributed by atoms with Gasteiger partial charge in [-0.15, -0.1) is 0 Å². The summed E-state index contributed by atoms with van der Waals surface area (Å²) in [6.07, 6.45) is 6.10. The van der Waals surface area contributed by atoms with Gasteiger partial charge >= 0.3 is 0 Å². The fourth-order valence-electron chi connectivity index (χ4n) is 3.92. The van der Waals surface area contributed by atoms with E-state index in [-0.39, 0.29) is 11.9 Å². The SMILES string of the molecule is O=C(NC1CCN(C2CCSCC2)CC1)c1conc1-c1ccccc1. The van der Waals surface area contributed by atoms with Crippen LogP contribution in [-0.4, -0.2) is 52.6 Å². The minimum Gasteiger partial charge on any atom is -0.363 e. The molecule has 2 aliphatic heterocycles. The maximum Gasteiger partial charge on any atom is 0.257 e. The zero-order valence-corrected chi connectivity index (χ0v) is 15.7. The minimum absolute atomic E-state index is 0.0855. The number of nitrogens with zero attached hydrogens (tertiary/aromatic N) is 2. The normalized spacial score (nSPS) is 20.2. The molecule has 26 heavy (non-hydrogen) atoms. The number of thioether (sulfide) groups is 1. The number of hydrogen-bond acceptors (Lipinski definition) is 5. The van der Waals surface area contributed by atoms with Crippen LogP contribution in [0.25, 0.3) is 11.3 Å². The van der Waals surface area contributed by atoms with Gasteiger partial charge in [-0.25, -0.2) is 0 Å². The number of likely N-dealkylation sites (tertiary alicyclic amines) is 1. The van der Waals surface area contributed by atoms with Crippen molar-refractivity contribution >= 4 is 17.7 Å². The van der Waals surface area contributed by atoms with Crippen molar-refractivity contribution in [3.05, 3.63) is 42.2 Å². The molecule has 0 spiro atoms. The van der Waals surface area contributed by atoms with Crippen LogP contribution in [0.2, 0.25) is 0 Å². The Morgan fingerprint density at radius 3 is 2.58 bits per heavy atom. The van der Waals surface area contributed by atoms with Crippen LogP contribution in [0.5, 0.6) is 0 Å². The molecule has 0 unspecified atom stereocenters. The molecule has 2 fully saturated rings. The number of benzene rings is 1. The van der Waals surface area contributed by atoms with Gasteiger partial charge in [0.05, 0.1) is 0 Å². The van der Waals surface area contributed by atoms with E-state index >= 15 is 0 Å². The Hall–Kier alpha value is -1.79. The Balaban J connectivity index is 1.34. The quantitative estimate of drug-likeness (QED) is 0.892. The van der Waals surface area contributed by atoms with Gasteiger partial charge < -0.3 is 14.7 Å². The van der Waals surface area contributed by atoms with Crippen LogP contribution in [0.1, 0.15) is 36.0 Å². The second-order valence-electron chi connectivity index (χ2n) is 7.07. The number of carbonyl (C=O) groups is 1. The van der Waals surface area contributed by atoms with Crippen LogP contribution >= 0.6 is 11.8 Å². The van der Waals surface area contributed by atoms with E-state index < -0.39 is 0 Å². The molecule has 5 nitrogen and oxygen atoms in total. The standard InChI is InChI=1S/C20H25N3O2S/c24-20(18-14-25-22-19(18)15-4-2-1-3-5-15)21-16-6-10-23(11-7-16)17-8-12-26-13-9-17/h1-5,14,16-17H,6-13H2,(H,21,24). The second-order valence-corrected chi connectivity index (χ2v) is 8.29. The van der Waals surface area contributed by atoms with E-state index in [9.17, 15) is 4.79 Å². The lowest BCUT2D eigenvalue weighted by atomic mass is 10.00. The molecule has 0 atom stereocenters.